The van der Waals surface area contributed by atoms with Crippen molar-refractivity contribution < 1.29 is 13.7 Å². The number of benzene rings is 2. The number of aromatic nitrogens is 2. The van der Waals surface area contributed by atoms with E-state index < -0.39 is 0 Å². The highest BCUT2D eigenvalue weighted by molar-refractivity contribution is 5.77. The van der Waals surface area contributed by atoms with Gasteiger partial charge in [0.05, 0.1) is 0 Å². The minimum absolute atomic E-state index is 0.0573. The molecule has 0 saturated heterocycles. The van der Waals surface area contributed by atoms with E-state index in [9.17, 15) is 9.18 Å². The third kappa shape index (κ3) is 4.44. The number of hydrogen-bond donors (Lipinski definition) is 0. The molecule has 2 aromatic carbocycles. The van der Waals surface area contributed by atoms with Crippen LogP contribution in [-0.4, -0.2) is 27.0 Å². The van der Waals surface area contributed by atoms with E-state index in [2.05, 4.69) is 10.1 Å². The second-order valence-electron chi connectivity index (χ2n) is 7.26. The largest absolute Gasteiger partial charge is 0.339 e. The highest BCUT2D eigenvalue weighted by atomic mass is 19.1. The van der Waals surface area contributed by atoms with Crippen LogP contribution in [0.2, 0.25) is 0 Å². The van der Waals surface area contributed by atoms with Gasteiger partial charge in [-0.2, -0.15) is 4.98 Å². The average Bonchev–Trinajstić information content (AvgIpc) is 3.43. The first-order valence-electron chi connectivity index (χ1n) is 9.52. The van der Waals surface area contributed by atoms with Crippen LogP contribution in [0.4, 0.5) is 4.39 Å². The van der Waals surface area contributed by atoms with Crippen LogP contribution in [-0.2, 0) is 17.8 Å². The summed E-state index contributed by atoms with van der Waals surface area (Å²) in [6, 6.07) is 14.5. The van der Waals surface area contributed by atoms with Crippen molar-refractivity contribution in [1.82, 2.24) is 15.0 Å². The van der Waals surface area contributed by atoms with E-state index in [1.54, 1.807) is 12.1 Å². The normalized spacial score (nSPS) is 13.5. The fourth-order valence-corrected chi connectivity index (χ4v) is 3.13. The number of rotatable bonds is 7. The summed E-state index contributed by atoms with van der Waals surface area (Å²) in [6.45, 7) is 2.52. The number of nitrogens with zero attached hydrogens (tertiary/aromatic N) is 3. The molecule has 6 heteroatoms. The summed E-state index contributed by atoms with van der Waals surface area (Å²) < 4.78 is 18.4. The number of amides is 1. The minimum atomic E-state index is -0.270. The molecule has 0 N–H and O–H groups in total. The zero-order valence-electron chi connectivity index (χ0n) is 15.8. The Labute approximate surface area is 163 Å². The van der Waals surface area contributed by atoms with Crippen LogP contribution in [0.1, 0.15) is 36.3 Å². The monoisotopic (exact) mass is 379 g/mol. The van der Waals surface area contributed by atoms with Crippen LogP contribution in [0.15, 0.2) is 53.1 Å². The Hall–Kier alpha value is -3.02. The van der Waals surface area contributed by atoms with Gasteiger partial charge in [-0.1, -0.05) is 47.1 Å². The molecule has 1 fully saturated rings. The Bertz CT molecular complexity index is 947. The molecule has 1 aliphatic rings. The molecule has 0 spiro atoms. The summed E-state index contributed by atoms with van der Waals surface area (Å²) in [5.74, 6) is 0.782. The molecule has 5 nitrogen and oxygen atoms in total. The summed E-state index contributed by atoms with van der Waals surface area (Å²) >= 11 is 0. The lowest BCUT2D eigenvalue weighted by atomic mass is 10.1. The smallest absolute Gasteiger partial charge is 0.227 e. The molecule has 1 saturated carbocycles. The third-order valence-corrected chi connectivity index (χ3v) is 4.90. The SMILES string of the molecule is Cc1ccc(-c2noc(CCC(=O)N(Cc3ccc(F)cc3)C3CC3)n2)cc1. The maximum absolute atomic E-state index is 13.1. The zero-order chi connectivity index (χ0) is 19.5. The molecule has 0 atom stereocenters. The molecule has 1 heterocycles. The highest BCUT2D eigenvalue weighted by Gasteiger charge is 2.32. The van der Waals surface area contributed by atoms with Crippen molar-refractivity contribution in [3.8, 4) is 11.4 Å². The lowest BCUT2D eigenvalue weighted by Crippen LogP contribution is -2.32. The van der Waals surface area contributed by atoms with Gasteiger partial charge in [0.1, 0.15) is 5.82 Å². The summed E-state index contributed by atoms with van der Waals surface area (Å²) in [5, 5.41) is 4.02. The Kier molecular flexibility index (Phi) is 5.19. The number of hydrogen-bond acceptors (Lipinski definition) is 4. The fourth-order valence-electron chi connectivity index (χ4n) is 3.13. The molecule has 1 aromatic heterocycles. The van der Waals surface area contributed by atoms with E-state index in [-0.39, 0.29) is 17.8 Å². The quantitative estimate of drug-likeness (QED) is 0.614. The van der Waals surface area contributed by atoms with Gasteiger partial charge in [0.25, 0.3) is 0 Å². The van der Waals surface area contributed by atoms with Gasteiger partial charge in [-0.3, -0.25) is 4.79 Å². The van der Waals surface area contributed by atoms with E-state index in [1.807, 2.05) is 36.1 Å². The molecule has 4 rings (SSSR count). The lowest BCUT2D eigenvalue weighted by molar-refractivity contribution is -0.132. The van der Waals surface area contributed by atoms with Crippen LogP contribution < -0.4 is 0 Å². The van der Waals surface area contributed by atoms with Gasteiger partial charge >= 0.3 is 0 Å². The number of carbonyl (C=O) groups is 1. The van der Waals surface area contributed by atoms with Gasteiger partial charge in [0, 0.05) is 31.0 Å². The summed E-state index contributed by atoms with van der Waals surface area (Å²) in [7, 11) is 0. The summed E-state index contributed by atoms with van der Waals surface area (Å²) in [5.41, 5.74) is 2.99. The highest BCUT2D eigenvalue weighted by Crippen LogP contribution is 2.29. The van der Waals surface area contributed by atoms with Crippen LogP contribution in [0.5, 0.6) is 0 Å². The van der Waals surface area contributed by atoms with Gasteiger partial charge in [0.15, 0.2) is 0 Å². The van der Waals surface area contributed by atoms with Crippen LogP contribution in [0, 0.1) is 12.7 Å². The first-order valence-corrected chi connectivity index (χ1v) is 9.52. The Balaban J connectivity index is 1.37. The van der Waals surface area contributed by atoms with E-state index in [0.717, 1.165) is 24.0 Å². The molecule has 0 aliphatic heterocycles. The molecule has 0 radical (unpaired) electrons. The third-order valence-electron chi connectivity index (χ3n) is 4.90. The molecular weight excluding hydrogens is 357 g/mol. The topological polar surface area (TPSA) is 59.2 Å². The minimum Gasteiger partial charge on any atom is -0.339 e. The predicted octanol–water partition coefficient (Wildman–Crippen LogP) is 4.31. The molecular formula is C22H22FN3O2. The number of carbonyl (C=O) groups excluding carboxylic acids is 1. The Morgan fingerprint density at radius 3 is 2.54 bits per heavy atom. The van der Waals surface area contributed by atoms with Crippen LogP contribution in [0.25, 0.3) is 11.4 Å². The second kappa shape index (κ2) is 7.92. The van der Waals surface area contributed by atoms with Crippen molar-refractivity contribution in [3.63, 3.8) is 0 Å². The molecule has 1 aliphatic carbocycles. The van der Waals surface area contributed by atoms with Crippen molar-refractivity contribution >= 4 is 5.91 Å². The summed E-state index contributed by atoms with van der Waals surface area (Å²) in [6.07, 6.45) is 2.76. The Morgan fingerprint density at radius 1 is 1.14 bits per heavy atom. The first kappa shape index (κ1) is 18.3. The Morgan fingerprint density at radius 2 is 1.86 bits per heavy atom. The molecule has 0 bridgehead atoms. The first-order chi connectivity index (χ1) is 13.6. The molecule has 28 heavy (non-hydrogen) atoms. The molecule has 0 unspecified atom stereocenters. The van der Waals surface area contributed by atoms with Crippen molar-refractivity contribution in [1.29, 1.82) is 0 Å². The molecule has 1 amide bonds. The van der Waals surface area contributed by atoms with E-state index in [0.29, 0.717) is 31.1 Å². The summed E-state index contributed by atoms with van der Waals surface area (Å²) in [4.78, 5) is 19.0. The number of aryl methyl sites for hydroxylation is 2. The predicted molar refractivity (Wildman–Crippen MR) is 103 cm³/mol. The van der Waals surface area contributed by atoms with Crippen molar-refractivity contribution in [2.45, 2.75) is 45.2 Å². The standard InChI is InChI=1S/C22H22FN3O2/c1-15-2-6-17(7-3-15)22-24-20(28-25-22)12-13-21(27)26(19-10-11-19)14-16-4-8-18(23)9-5-16/h2-9,19H,10-14H2,1H3. The van der Waals surface area contributed by atoms with Crippen molar-refractivity contribution in [2.24, 2.45) is 0 Å². The van der Waals surface area contributed by atoms with Gasteiger partial charge in [0.2, 0.25) is 17.6 Å². The average molecular weight is 379 g/mol. The second-order valence-corrected chi connectivity index (χ2v) is 7.26. The van der Waals surface area contributed by atoms with Crippen LogP contribution >= 0.6 is 0 Å². The van der Waals surface area contributed by atoms with Crippen molar-refractivity contribution in [3.05, 3.63) is 71.4 Å². The van der Waals surface area contributed by atoms with Gasteiger partial charge in [-0.15, -0.1) is 0 Å². The van der Waals surface area contributed by atoms with E-state index in [4.69, 9.17) is 4.52 Å². The zero-order valence-corrected chi connectivity index (χ0v) is 15.8. The van der Waals surface area contributed by atoms with Gasteiger partial charge < -0.3 is 9.42 Å². The van der Waals surface area contributed by atoms with E-state index in [1.165, 1.54) is 17.7 Å². The molecule has 3 aromatic rings. The maximum Gasteiger partial charge on any atom is 0.227 e. The van der Waals surface area contributed by atoms with Crippen LogP contribution in [0.3, 0.4) is 0 Å². The van der Waals surface area contributed by atoms with Crippen molar-refractivity contribution in [2.75, 3.05) is 0 Å². The van der Waals surface area contributed by atoms with Gasteiger partial charge in [-0.25, -0.2) is 4.39 Å². The number of halogens is 1. The van der Waals surface area contributed by atoms with E-state index >= 15 is 0 Å². The van der Waals surface area contributed by atoms with Gasteiger partial charge in [-0.05, 0) is 37.5 Å². The lowest BCUT2D eigenvalue weighted by Gasteiger charge is -2.22. The maximum atomic E-state index is 13.1. The fraction of sp³-hybridized carbons (Fsp3) is 0.318. The molecule has 144 valence electrons.